The normalized spacial score (nSPS) is 17.4. The lowest BCUT2D eigenvalue weighted by Gasteiger charge is -2.42. The highest BCUT2D eigenvalue weighted by Gasteiger charge is 2.43. The predicted octanol–water partition coefficient (Wildman–Crippen LogP) is 13.4. The van der Waals surface area contributed by atoms with Gasteiger partial charge in [-0.1, -0.05) is 149 Å². The molecule has 2 bridgehead atoms. The molecule has 0 saturated heterocycles. The average Bonchev–Trinajstić information content (AvgIpc) is 2.96. The molecular weight excluding hydrogens is 552 g/mol. The van der Waals surface area contributed by atoms with Crippen molar-refractivity contribution in [3.8, 4) is 11.5 Å². The molecule has 0 aromatic heterocycles. The van der Waals surface area contributed by atoms with Crippen molar-refractivity contribution < 1.29 is 14.2 Å². The Kier molecular flexibility index (Phi) is 13.7. The molecule has 0 fully saturated rings. The zero-order valence-electron chi connectivity index (χ0n) is 32.3. The van der Waals surface area contributed by atoms with Crippen LogP contribution in [-0.4, -0.2) is 0 Å². The van der Waals surface area contributed by atoms with Crippen molar-refractivity contribution in [3.63, 3.8) is 0 Å². The van der Waals surface area contributed by atoms with E-state index < -0.39 is 12.6 Å². The summed E-state index contributed by atoms with van der Waals surface area (Å²) >= 11 is 0. The molecule has 2 heterocycles. The summed E-state index contributed by atoms with van der Waals surface area (Å²) in [4.78, 5) is 0. The van der Waals surface area contributed by atoms with E-state index in [9.17, 15) is 0 Å². The Morgan fingerprint density at radius 1 is 0.533 bits per heavy atom. The fourth-order valence-corrected chi connectivity index (χ4v) is 6.61. The van der Waals surface area contributed by atoms with Gasteiger partial charge in [-0.15, -0.1) is 0 Å². The van der Waals surface area contributed by atoms with Crippen molar-refractivity contribution in [1.29, 1.82) is 0 Å². The molecule has 2 atom stereocenters. The Labute approximate surface area is 279 Å². The third-order valence-corrected chi connectivity index (χ3v) is 8.96. The van der Waals surface area contributed by atoms with E-state index in [1.54, 1.807) is 0 Å². The van der Waals surface area contributed by atoms with E-state index in [0.29, 0.717) is 0 Å². The van der Waals surface area contributed by atoms with Gasteiger partial charge in [0.2, 0.25) is 12.6 Å². The van der Waals surface area contributed by atoms with E-state index in [0.717, 1.165) is 35.5 Å². The van der Waals surface area contributed by atoms with Crippen LogP contribution in [0.15, 0.2) is 24.3 Å². The van der Waals surface area contributed by atoms with Gasteiger partial charge in [-0.3, -0.25) is 4.74 Å². The quantitative estimate of drug-likeness (QED) is 0.264. The van der Waals surface area contributed by atoms with E-state index in [-0.39, 0.29) is 21.7 Å². The number of hydrogen-bond acceptors (Lipinski definition) is 3. The van der Waals surface area contributed by atoms with Crippen LogP contribution in [0.2, 0.25) is 0 Å². The number of rotatable bonds is 10. The second-order valence-corrected chi connectivity index (χ2v) is 16.5. The van der Waals surface area contributed by atoms with Crippen molar-refractivity contribution >= 4 is 0 Å². The van der Waals surface area contributed by atoms with Crippen molar-refractivity contribution in [1.82, 2.24) is 0 Å². The van der Waals surface area contributed by atoms with Gasteiger partial charge in [-0.05, 0) is 70.6 Å². The summed E-state index contributed by atoms with van der Waals surface area (Å²) in [5.41, 5.74) is 7.58. The minimum absolute atomic E-state index is 0.0656. The third-order valence-electron chi connectivity index (χ3n) is 8.96. The van der Waals surface area contributed by atoms with Gasteiger partial charge in [0.1, 0.15) is 11.5 Å². The van der Waals surface area contributed by atoms with Gasteiger partial charge in [-0.25, -0.2) is 0 Å². The molecule has 0 N–H and O–H groups in total. The van der Waals surface area contributed by atoms with E-state index in [2.05, 4.69) is 107 Å². The van der Waals surface area contributed by atoms with E-state index >= 15 is 0 Å². The zero-order valence-corrected chi connectivity index (χ0v) is 32.3. The van der Waals surface area contributed by atoms with Gasteiger partial charge in [0.15, 0.2) is 0 Å². The highest BCUT2D eigenvalue weighted by atomic mass is 16.8. The molecule has 45 heavy (non-hydrogen) atoms. The van der Waals surface area contributed by atoms with Crippen LogP contribution in [-0.2, 0) is 28.4 Å². The molecule has 2 aliphatic rings. The summed E-state index contributed by atoms with van der Waals surface area (Å²) in [6.07, 6.45) is 8.54. The molecule has 0 radical (unpaired) electrons. The van der Waals surface area contributed by atoms with Crippen LogP contribution < -0.4 is 9.47 Å². The second-order valence-electron chi connectivity index (χ2n) is 16.5. The number of ether oxygens (including phenoxy) is 3. The van der Waals surface area contributed by atoms with E-state index in [1.807, 2.05) is 27.7 Å². The highest BCUT2D eigenvalue weighted by molar-refractivity contribution is 5.55. The van der Waals surface area contributed by atoms with Crippen LogP contribution in [0.4, 0.5) is 0 Å². The first-order valence-electron chi connectivity index (χ1n) is 18.3. The van der Waals surface area contributed by atoms with Crippen LogP contribution in [0.5, 0.6) is 11.5 Å². The molecule has 0 aliphatic carbocycles. The molecule has 256 valence electrons. The molecule has 2 aromatic carbocycles. The maximum Gasteiger partial charge on any atom is 0.233 e. The largest absolute Gasteiger partial charge is 0.459 e. The fourth-order valence-electron chi connectivity index (χ4n) is 6.61. The summed E-state index contributed by atoms with van der Waals surface area (Å²) in [5, 5.41) is 0. The number of unbranched alkanes of at least 4 members (excludes halogenated alkanes) is 2. The predicted molar refractivity (Wildman–Crippen MR) is 195 cm³/mol. The summed E-state index contributed by atoms with van der Waals surface area (Å²) in [7, 11) is 0. The Hall–Kier alpha value is -2.00. The lowest BCUT2D eigenvalue weighted by Crippen LogP contribution is -2.34. The van der Waals surface area contributed by atoms with Crippen LogP contribution in [0.1, 0.15) is 195 Å². The van der Waals surface area contributed by atoms with Crippen LogP contribution in [0, 0.1) is 10.8 Å². The van der Waals surface area contributed by atoms with Crippen molar-refractivity contribution in [3.05, 3.63) is 57.6 Å². The average molecular weight is 623 g/mol. The molecule has 2 aliphatic heterocycles. The maximum atomic E-state index is 6.85. The van der Waals surface area contributed by atoms with Crippen LogP contribution >= 0.6 is 0 Å². The van der Waals surface area contributed by atoms with Gasteiger partial charge in [0.05, 0.1) is 11.1 Å². The number of hydrogen-bond donors (Lipinski definition) is 0. The first kappa shape index (κ1) is 39.2. The standard InChI is InChI=1S/C38H58O3.2C2H6/c1-13-15-17-37(9,10)23-25-19-27-31(29(21-25)35(3,4)5)39-34-28-20-26(24-38(11,12)18-16-14-2)22-30(36(6,7)8)32(28)40-33(27)41-34;2*1-2/h19-22,33-34H,13-18,23-24H2,1-12H3;2*1-2H3. The van der Waals surface area contributed by atoms with Gasteiger partial charge in [-0.2, -0.15) is 0 Å². The lowest BCUT2D eigenvalue weighted by molar-refractivity contribution is -0.228. The molecule has 0 spiro atoms. The molecule has 4 rings (SSSR count). The fraction of sp³-hybridized carbons (Fsp3) is 0.714. The smallest absolute Gasteiger partial charge is 0.233 e. The molecule has 3 heteroatoms. The first-order valence-corrected chi connectivity index (χ1v) is 18.3. The second kappa shape index (κ2) is 15.7. The summed E-state index contributed by atoms with van der Waals surface area (Å²) in [6.45, 7) is 35.8. The molecule has 0 saturated carbocycles. The SMILES string of the molecule is CC.CC.CCCCC(C)(C)Cc1cc2c(c(C(C)(C)C)c1)OC1OC2Oc2c1cc(CC(C)(C)CCCC)cc2C(C)(C)C. The monoisotopic (exact) mass is 623 g/mol. The molecular formula is C42H70O3. The Balaban J connectivity index is 0.00000169. The van der Waals surface area contributed by atoms with Crippen molar-refractivity contribution in [2.45, 2.75) is 186 Å². The number of benzene rings is 2. The summed E-state index contributed by atoms with van der Waals surface area (Å²) in [5.74, 6) is 1.90. The highest BCUT2D eigenvalue weighted by Crippen LogP contribution is 2.54. The minimum Gasteiger partial charge on any atom is -0.459 e. The van der Waals surface area contributed by atoms with Gasteiger partial charge in [0.25, 0.3) is 0 Å². The molecule has 2 aromatic rings. The molecule has 0 amide bonds. The van der Waals surface area contributed by atoms with Crippen molar-refractivity contribution in [2.24, 2.45) is 10.8 Å². The van der Waals surface area contributed by atoms with Gasteiger partial charge >= 0.3 is 0 Å². The summed E-state index contributed by atoms with van der Waals surface area (Å²) < 4.78 is 20.3. The molecule has 2 unspecified atom stereocenters. The van der Waals surface area contributed by atoms with Gasteiger partial charge < -0.3 is 9.47 Å². The third kappa shape index (κ3) is 9.99. The Bertz CT molecular complexity index is 1130. The Morgan fingerprint density at radius 3 is 1.16 bits per heavy atom. The Morgan fingerprint density at radius 2 is 0.867 bits per heavy atom. The van der Waals surface area contributed by atoms with E-state index in [4.69, 9.17) is 14.2 Å². The van der Waals surface area contributed by atoms with Gasteiger partial charge in [0, 0.05) is 11.1 Å². The molecule has 3 nitrogen and oxygen atoms in total. The van der Waals surface area contributed by atoms with Crippen LogP contribution in [0.3, 0.4) is 0 Å². The lowest BCUT2D eigenvalue weighted by atomic mass is 9.77. The topological polar surface area (TPSA) is 27.7 Å². The first-order chi connectivity index (χ1) is 20.9. The summed E-state index contributed by atoms with van der Waals surface area (Å²) in [6, 6.07) is 9.38. The number of fused-ring (bicyclic) bond motifs is 6. The van der Waals surface area contributed by atoms with Crippen LogP contribution in [0.25, 0.3) is 0 Å². The zero-order chi connectivity index (χ0) is 34.4. The van der Waals surface area contributed by atoms with Crippen molar-refractivity contribution in [2.75, 3.05) is 0 Å². The van der Waals surface area contributed by atoms with E-state index in [1.165, 1.54) is 60.8 Å². The maximum absolute atomic E-state index is 6.85. The minimum atomic E-state index is -0.469.